The van der Waals surface area contributed by atoms with Crippen LogP contribution in [0.4, 0.5) is 10.1 Å². The molecule has 0 radical (unpaired) electrons. The highest BCUT2D eigenvalue weighted by molar-refractivity contribution is 6.04. The third-order valence-electron chi connectivity index (χ3n) is 3.71. The van der Waals surface area contributed by atoms with Gasteiger partial charge >= 0.3 is 0 Å². The highest BCUT2D eigenvalue weighted by Crippen LogP contribution is 2.18. The molecule has 122 valence electrons. The van der Waals surface area contributed by atoms with Gasteiger partial charge in [-0.05, 0) is 48.5 Å². The molecule has 0 aliphatic rings. The number of fused-ring (bicyclic) bond motifs is 1. The Kier molecular flexibility index (Phi) is 3.70. The fraction of sp³-hybridized carbons (Fsp3) is 0. The van der Waals surface area contributed by atoms with Gasteiger partial charge < -0.3 is 5.32 Å². The molecule has 0 aliphatic carbocycles. The van der Waals surface area contributed by atoms with Crippen LogP contribution in [0.3, 0.4) is 0 Å². The van der Waals surface area contributed by atoms with Gasteiger partial charge in [0, 0.05) is 11.3 Å². The quantitative estimate of drug-likeness (QED) is 0.620. The summed E-state index contributed by atoms with van der Waals surface area (Å²) in [5.41, 5.74) is 3.05. The molecule has 4 rings (SSSR count). The number of benzene rings is 3. The maximum Gasteiger partial charge on any atom is 0.255 e. The highest BCUT2D eigenvalue weighted by atomic mass is 19.1. The van der Waals surface area contributed by atoms with Crippen molar-refractivity contribution in [3.05, 3.63) is 84.2 Å². The summed E-state index contributed by atoms with van der Waals surface area (Å²) >= 11 is 0. The number of halogens is 1. The summed E-state index contributed by atoms with van der Waals surface area (Å²) in [6.07, 6.45) is 0. The SMILES string of the molecule is O=C(Nc1ccc2nn(-c3ccccc3)nc2c1)c1cccc(F)c1. The zero-order valence-corrected chi connectivity index (χ0v) is 13.1. The third-order valence-corrected chi connectivity index (χ3v) is 3.71. The Morgan fingerprint density at radius 3 is 2.48 bits per heavy atom. The standard InChI is InChI=1S/C19H13FN4O/c20-14-6-4-5-13(11-14)19(25)21-15-9-10-17-18(12-15)23-24(22-17)16-7-2-1-3-8-16/h1-12H,(H,21,25). The Morgan fingerprint density at radius 2 is 1.68 bits per heavy atom. The summed E-state index contributed by atoms with van der Waals surface area (Å²) in [4.78, 5) is 13.8. The van der Waals surface area contributed by atoms with E-state index in [-0.39, 0.29) is 11.5 Å². The second kappa shape index (κ2) is 6.16. The molecule has 1 aromatic heterocycles. The first-order valence-electron chi connectivity index (χ1n) is 7.68. The fourth-order valence-corrected chi connectivity index (χ4v) is 2.50. The largest absolute Gasteiger partial charge is 0.322 e. The van der Waals surface area contributed by atoms with Crippen molar-refractivity contribution in [3.63, 3.8) is 0 Å². The fourth-order valence-electron chi connectivity index (χ4n) is 2.50. The van der Waals surface area contributed by atoms with Crippen LogP contribution in [0.5, 0.6) is 0 Å². The number of anilines is 1. The van der Waals surface area contributed by atoms with Gasteiger partial charge in [0.05, 0.1) is 5.69 Å². The van der Waals surface area contributed by atoms with Crippen LogP contribution in [0.15, 0.2) is 72.8 Å². The molecule has 0 saturated carbocycles. The predicted octanol–water partition coefficient (Wildman–Crippen LogP) is 3.81. The number of para-hydroxylation sites is 1. The number of rotatable bonds is 3. The lowest BCUT2D eigenvalue weighted by atomic mass is 10.2. The van der Waals surface area contributed by atoms with Gasteiger partial charge in [-0.15, -0.1) is 10.2 Å². The van der Waals surface area contributed by atoms with Gasteiger partial charge in [-0.2, -0.15) is 4.80 Å². The summed E-state index contributed by atoms with van der Waals surface area (Å²) in [6.45, 7) is 0. The lowest BCUT2D eigenvalue weighted by Crippen LogP contribution is -2.11. The second-order valence-electron chi connectivity index (χ2n) is 5.49. The zero-order chi connectivity index (χ0) is 17.2. The van der Waals surface area contributed by atoms with Crippen molar-refractivity contribution in [2.45, 2.75) is 0 Å². The molecule has 5 nitrogen and oxygen atoms in total. The van der Waals surface area contributed by atoms with Crippen molar-refractivity contribution >= 4 is 22.6 Å². The van der Waals surface area contributed by atoms with E-state index in [1.165, 1.54) is 18.2 Å². The minimum absolute atomic E-state index is 0.257. The summed E-state index contributed by atoms with van der Waals surface area (Å²) < 4.78 is 13.2. The van der Waals surface area contributed by atoms with E-state index < -0.39 is 5.82 Å². The number of hydrogen-bond donors (Lipinski definition) is 1. The molecule has 0 saturated heterocycles. The van der Waals surface area contributed by atoms with Gasteiger partial charge in [-0.25, -0.2) is 4.39 Å². The first-order valence-corrected chi connectivity index (χ1v) is 7.68. The third kappa shape index (κ3) is 3.10. The van der Waals surface area contributed by atoms with Crippen molar-refractivity contribution in [2.75, 3.05) is 5.32 Å². The zero-order valence-electron chi connectivity index (χ0n) is 13.1. The summed E-state index contributed by atoms with van der Waals surface area (Å²) in [7, 11) is 0. The molecule has 0 spiro atoms. The molecule has 25 heavy (non-hydrogen) atoms. The molecule has 1 amide bonds. The van der Waals surface area contributed by atoms with Gasteiger partial charge in [0.2, 0.25) is 0 Å². The number of hydrogen-bond acceptors (Lipinski definition) is 3. The number of aromatic nitrogens is 3. The van der Waals surface area contributed by atoms with Crippen LogP contribution < -0.4 is 5.32 Å². The molecule has 0 bridgehead atoms. The summed E-state index contributed by atoms with van der Waals surface area (Å²) in [5, 5.41) is 11.6. The van der Waals surface area contributed by atoms with Crippen LogP contribution >= 0.6 is 0 Å². The molecule has 0 unspecified atom stereocenters. The molecular weight excluding hydrogens is 319 g/mol. The average Bonchev–Trinajstić information content (AvgIpc) is 3.06. The minimum atomic E-state index is -0.450. The Balaban J connectivity index is 1.62. The second-order valence-corrected chi connectivity index (χ2v) is 5.49. The van der Waals surface area contributed by atoms with E-state index in [1.807, 2.05) is 30.3 Å². The van der Waals surface area contributed by atoms with Crippen molar-refractivity contribution in [3.8, 4) is 5.69 Å². The Bertz CT molecular complexity index is 1060. The maximum absolute atomic E-state index is 13.2. The molecule has 0 aliphatic heterocycles. The lowest BCUT2D eigenvalue weighted by Gasteiger charge is -2.04. The normalized spacial score (nSPS) is 10.8. The highest BCUT2D eigenvalue weighted by Gasteiger charge is 2.09. The van der Waals surface area contributed by atoms with Gasteiger partial charge in [0.25, 0.3) is 5.91 Å². The van der Waals surface area contributed by atoms with E-state index in [0.717, 1.165) is 5.69 Å². The summed E-state index contributed by atoms with van der Waals surface area (Å²) in [5.74, 6) is -0.830. The van der Waals surface area contributed by atoms with E-state index in [4.69, 9.17) is 0 Å². The van der Waals surface area contributed by atoms with Gasteiger partial charge in [0.1, 0.15) is 16.9 Å². The number of carbonyl (C=O) groups is 1. The van der Waals surface area contributed by atoms with Crippen LogP contribution in [0, 0.1) is 5.82 Å². The Labute approximate surface area is 142 Å². The first-order chi connectivity index (χ1) is 12.2. The van der Waals surface area contributed by atoms with Crippen molar-refractivity contribution in [2.24, 2.45) is 0 Å². The molecule has 6 heteroatoms. The van der Waals surface area contributed by atoms with E-state index in [0.29, 0.717) is 16.7 Å². The van der Waals surface area contributed by atoms with E-state index >= 15 is 0 Å². The van der Waals surface area contributed by atoms with Crippen molar-refractivity contribution in [1.29, 1.82) is 0 Å². The number of amides is 1. The van der Waals surface area contributed by atoms with Crippen LogP contribution in [-0.4, -0.2) is 20.9 Å². The average molecular weight is 332 g/mol. The summed E-state index contributed by atoms with van der Waals surface area (Å²) in [6, 6.07) is 20.4. The number of nitrogens with one attached hydrogen (secondary N) is 1. The monoisotopic (exact) mass is 332 g/mol. The molecule has 4 aromatic rings. The van der Waals surface area contributed by atoms with E-state index in [2.05, 4.69) is 15.5 Å². The Hall–Kier alpha value is -3.54. The molecule has 1 N–H and O–H groups in total. The van der Waals surface area contributed by atoms with Gasteiger partial charge in [-0.1, -0.05) is 24.3 Å². The topological polar surface area (TPSA) is 59.8 Å². The van der Waals surface area contributed by atoms with E-state index in [1.54, 1.807) is 29.1 Å². The number of carbonyl (C=O) groups excluding carboxylic acids is 1. The molecular formula is C19H13FN4O. The minimum Gasteiger partial charge on any atom is -0.322 e. The van der Waals surface area contributed by atoms with Crippen LogP contribution in [0.1, 0.15) is 10.4 Å². The van der Waals surface area contributed by atoms with Crippen molar-refractivity contribution in [1.82, 2.24) is 15.0 Å². The lowest BCUT2D eigenvalue weighted by molar-refractivity contribution is 0.102. The number of nitrogens with zero attached hydrogens (tertiary/aromatic N) is 3. The first kappa shape index (κ1) is 15.0. The van der Waals surface area contributed by atoms with Crippen LogP contribution in [-0.2, 0) is 0 Å². The van der Waals surface area contributed by atoms with Crippen LogP contribution in [0.25, 0.3) is 16.7 Å². The smallest absolute Gasteiger partial charge is 0.255 e. The maximum atomic E-state index is 13.2. The molecule has 3 aromatic carbocycles. The van der Waals surface area contributed by atoms with Gasteiger partial charge in [0.15, 0.2) is 0 Å². The van der Waals surface area contributed by atoms with Gasteiger partial charge in [-0.3, -0.25) is 4.79 Å². The molecule has 0 atom stereocenters. The van der Waals surface area contributed by atoms with Crippen LogP contribution in [0.2, 0.25) is 0 Å². The predicted molar refractivity (Wildman–Crippen MR) is 93.2 cm³/mol. The Morgan fingerprint density at radius 1 is 0.880 bits per heavy atom. The van der Waals surface area contributed by atoms with Crippen molar-refractivity contribution < 1.29 is 9.18 Å². The molecule has 1 heterocycles. The van der Waals surface area contributed by atoms with E-state index in [9.17, 15) is 9.18 Å². The molecule has 0 fully saturated rings.